The Labute approximate surface area is 111 Å². The third-order valence-corrected chi connectivity index (χ3v) is 6.27. The van der Waals surface area contributed by atoms with Crippen molar-refractivity contribution in [3.05, 3.63) is 0 Å². The Morgan fingerprint density at radius 3 is 2.28 bits per heavy atom. The third-order valence-electron chi connectivity index (χ3n) is 4.03. The van der Waals surface area contributed by atoms with Gasteiger partial charge in [-0.2, -0.15) is 0 Å². The summed E-state index contributed by atoms with van der Waals surface area (Å²) in [5.74, 6) is 0.339. The summed E-state index contributed by atoms with van der Waals surface area (Å²) in [6.45, 7) is 3.36. The lowest BCUT2D eigenvalue weighted by Gasteiger charge is -2.30. The van der Waals surface area contributed by atoms with E-state index in [0.29, 0.717) is 6.42 Å². The summed E-state index contributed by atoms with van der Waals surface area (Å²) >= 11 is 0. The predicted octanol–water partition coefficient (Wildman–Crippen LogP) is 1.47. The summed E-state index contributed by atoms with van der Waals surface area (Å²) in [4.78, 5) is 0. The molecule has 1 rings (SSSR count). The number of nitrogens with two attached hydrogens (primary N) is 1. The van der Waals surface area contributed by atoms with Gasteiger partial charge in [-0.15, -0.1) is 0 Å². The molecule has 0 bridgehead atoms. The van der Waals surface area contributed by atoms with Gasteiger partial charge >= 0.3 is 0 Å². The maximum Gasteiger partial charge on any atom is 0.152 e. The van der Waals surface area contributed by atoms with Gasteiger partial charge in [0, 0.05) is 6.04 Å². The molecule has 0 amide bonds. The van der Waals surface area contributed by atoms with Gasteiger partial charge in [0.25, 0.3) is 0 Å². The van der Waals surface area contributed by atoms with Crippen LogP contribution in [0.4, 0.5) is 0 Å². The maximum absolute atomic E-state index is 11.7. The van der Waals surface area contributed by atoms with Crippen molar-refractivity contribution in [1.82, 2.24) is 0 Å². The van der Waals surface area contributed by atoms with Crippen LogP contribution in [0.25, 0.3) is 0 Å². The van der Waals surface area contributed by atoms with Gasteiger partial charge in [0.15, 0.2) is 9.84 Å². The zero-order valence-electron chi connectivity index (χ0n) is 11.5. The first-order chi connectivity index (χ1) is 8.34. The zero-order valence-corrected chi connectivity index (χ0v) is 12.3. The Hall–Kier alpha value is -0.130. The van der Waals surface area contributed by atoms with Crippen LogP contribution in [-0.2, 0) is 9.84 Å². The molecule has 4 nitrogen and oxygen atoms in total. The van der Waals surface area contributed by atoms with Gasteiger partial charge in [0.05, 0.1) is 17.1 Å². The van der Waals surface area contributed by atoms with E-state index < -0.39 is 22.0 Å². The highest BCUT2D eigenvalue weighted by Crippen LogP contribution is 2.28. The molecule has 0 heterocycles. The molecule has 2 unspecified atom stereocenters. The minimum absolute atomic E-state index is 0.0790. The van der Waals surface area contributed by atoms with Crippen molar-refractivity contribution >= 4 is 9.84 Å². The van der Waals surface area contributed by atoms with E-state index in [1.165, 1.54) is 6.42 Å². The maximum atomic E-state index is 11.7. The molecule has 0 aromatic heterocycles. The second-order valence-corrected chi connectivity index (χ2v) is 8.43. The standard InChI is InChI=1S/C13H27NO3S/c1-10(2)18(16,17)9-8-12(14)13(15)11-6-4-3-5-7-11/h10-13,15H,3-9,14H2,1-2H3. The number of aliphatic hydroxyl groups is 1. The van der Waals surface area contributed by atoms with Gasteiger partial charge in [0.1, 0.15) is 0 Å². The Morgan fingerprint density at radius 1 is 1.22 bits per heavy atom. The van der Waals surface area contributed by atoms with Crippen LogP contribution >= 0.6 is 0 Å². The van der Waals surface area contributed by atoms with Crippen LogP contribution in [0.15, 0.2) is 0 Å². The summed E-state index contributed by atoms with van der Waals surface area (Å²) in [6, 6.07) is -0.415. The van der Waals surface area contributed by atoms with E-state index >= 15 is 0 Å². The normalized spacial score (nSPS) is 22.1. The molecule has 0 radical (unpaired) electrons. The highest BCUT2D eigenvalue weighted by molar-refractivity contribution is 7.91. The van der Waals surface area contributed by atoms with Gasteiger partial charge in [0.2, 0.25) is 0 Å². The summed E-state index contributed by atoms with van der Waals surface area (Å²) in [5.41, 5.74) is 5.94. The fourth-order valence-corrected chi connectivity index (χ4v) is 3.60. The number of sulfone groups is 1. The predicted molar refractivity (Wildman–Crippen MR) is 74.1 cm³/mol. The van der Waals surface area contributed by atoms with Gasteiger partial charge < -0.3 is 10.8 Å². The molecule has 3 N–H and O–H groups in total. The first-order valence-electron chi connectivity index (χ1n) is 7.00. The molecule has 1 fully saturated rings. The van der Waals surface area contributed by atoms with E-state index in [4.69, 9.17) is 5.73 Å². The number of aliphatic hydroxyl groups excluding tert-OH is 1. The van der Waals surface area contributed by atoms with Gasteiger partial charge in [-0.25, -0.2) is 8.42 Å². The molecule has 1 aliphatic carbocycles. The number of hydrogen-bond donors (Lipinski definition) is 2. The Balaban J connectivity index is 2.42. The first-order valence-corrected chi connectivity index (χ1v) is 8.71. The quantitative estimate of drug-likeness (QED) is 0.770. The number of rotatable bonds is 6. The smallest absolute Gasteiger partial charge is 0.152 e. The van der Waals surface area contributed by atoms with Gasteiger partial charge in [-0.05, 0) is 39.0 Å². The van der Waals surface area contributed by atoms with E-state index in [2.05, 4.69) is 0 Å². The Bertz CT molecular complexity index is 334. The SMILES string of the molecule is CC(C)S(=O)(=O)CCC(N)C(O)C1CCCCC1. The van der Waals surface area contributed by atoms with Gasteiger partial charge in [-0.1, -0.05) is 19.3 Å². The van der Waals surface area contributed by atoms with Crippen LogP contribution in [0, 0.1) is 5.92 Å². The highest BCUT2D eigenvalue weighted by Gasteiger charge is 2.28. The summed E-state index contributed by atoms with van der Waals surface area (Å²) < 4.78 is 23.4. The molecule has 0 aromatic carbocycles. The molecule has 108 valence electrons. The zero-order chi connectivity index (χ0) is 13.8. The lowest BCUT2D eigenvalue weighted by Crippen LogP contribution is -2.42. The van der Waals surface area contributed by atoms with E-state index in [1.807, 2.05) is 0 Å². The largest absolute Gasteiger partial charge is 0.391 e. The molecule has 0 saturated heterocycles. The fourth-order valence-electron chi connectivity index (χ4n) is 2.53. The minimum atomic E-state index is -3.05. The Kier molecular flexibility index (Phi) is 6.08. The van der Waals surface area contributed by atoms with Crippen molar-refractivity contribution in [1.29, 1.82) is 0 Å². The van der Waals surface area contributed by atoms with Crippen molar-refractivity contribution < 1.29 is 13.5 Å². The first kappa shape index (κ1) is 15.9. The van der Waals surface area contributed by atoms with Crippen molar-refractivity contribution in [2.24, 2.45) is 11.7 Å². The molecule has 2 atom stereocenters. The molecular formula is C13H27NO3S. The van der Waals surface area contributed by atoms with E-state index in [1.54, 1.807) is 13.8 Å². The van der Waals surface area contributed by atoms with Crippen LogP contribution in [0.1, 0.15) is 52.4 Å². The molecule has 1 saturated carbocycles. The molecule has 5 heteroatoms. The third kappa shape index (κ3) is 4.52. The van der Waals surface area contributed by atoms with Crippen molar-refractivity contribution in [3.8, 4) is 0 Å². The van der Waals surface area contributed by atoms with Crippen molar-refractivity contribution in [2.75, 3.05) is 5.75 Å². The summed E-state index contributed by atoms with van der Waals surface area (Å²) in [7, 11) is -3.05. The average molecular weight is 277 g/mol. The molecule has 0 aromatic rings. The molecule has 0 spiro atoms. The van der Waals surface area contributed by atoms with E-state index in [0.717, 1.165) is 25.7 Å². The molecule has 18 heavy (non-hydrogen) atoms. The average Bonchev–Trinajstić information content (AvgIpc) is 2.36. The van der Waals surface area contributed by atoms with Crippen LogP contribution in [-0.4, -0.2) is 36.7 Å². The summed E-state index contributed by atoms with van der Waals surface area (Å²) in [5, 5.41) is 9.79. The molecule has 0 aliphatic heterocycles. The van der Waals surface area contributed by atoms with E-state index in [9.17, 15) is 13.5 Å². The fraction of sp³-hybridized carbons (Fsp3) is 1.00. The van der Waals surface area contributed by atoms with E-state index in [-0.39, 0.29) is 16.9 Å². The van der Waals surface area contributed by atoms with Crippen molar-refractivity contribution in [2.45, 2.75) is 69.8 Å². The van der Waals surface area contributed by atoms with Crippen molar-refractivity contribution in [3.63, 3.8) is 0 Å². The monoisotopic (exact) mass is 277 g/mol. The topological polar surface area (TPSA) is 80.4 Å². The molecular weight excluding hydrogens is 250 g/mol. The van der Waals surface area contributed by atoms with Crippen LogP contribution < -0.4 is 5.73 Å². The second kappa shape index (κ2) is 6.87. The second-order valence-electron chi connectivity index (χ2n) is 5.76. The lowest BCUT2D eigenvalue weighted by atomic mass is 9.82. The van der Waals surface area contributed by atoms with Crippen LogP contribution in [0.3, 0.4) is 0 Å². The summed E-state index contributed by atoms with van der Waals surface area (Å²) in [6.07, 6.45) is 5.39. The Morgan fingerprint density at radius 2 is 1.78 bits per heavy atom. The molecule has 1 aliphatic rings. The minimum Gasteiger partial charge on any atom is -0.391 e. The van der Waals surface area contributed by atoms with Crippen LogP contribution in [0.5, 0.6) is 0 Å². The lowest BCUT2D eigenvalue weighted by molar-refractivity contribution is 0.0611. The number of hydrogen-bond acceptors (Lipinski definition) is 4. The van der Waals surface area contributed by atoms with Crippen LogP contribution in [0.2, 0.25) is 0 Å². The highest BCUT2D eigenvalue weighted by atomic mass is 32.2. The van der Waals surface area contributed by atoms with Gasteiger partial charge in [-0.3, -0.25) is 0 Å².